The Kier molecular flexibility index (Phi) is 3.69. The zero-order valence-corrected chi connectivity index (χ0v) is 14.1. The van der Waals surface area contributed by atoms with Crippen LogP contribution in [0.15, 0.2) is 30.5 Å². The minimum atomic E-state index is 0.451. The Hall–Kier alpha value is -2.47. The molecule has 1 aromatic carbocycles. The summed E-state index contributed by atoms with van der Waals surface area (Å²) < 4.78 is 1.72. The van der Waals surface area contributed by atoms with Crippen molar-refractivity contribution in [3.05, 3.63) is 36.0 Å². The first-order valence-electron chi connectivity index (χ1n) is 8.43. The first-order chi connectivity index (χ1) is 11.6. The summed E-state index contributed by atoms with van der Waals surface area (Å²) in [7, 11) is 1.86. The maximum atomic E-state index is 6.06. The Morgan fingerprint density at radius 2 is 1.79 bits per heavy atom. The van der Waals surface area contributed by atoms with Gasteiger partial charge < -0.3 is 5.73 Å². The Balaban J connectivity index is 1.66. The van der Waals surface area contributed by atoms with E-state index in [1.807, 2.05) is 7.05 Å². The van der Waals surface area contributed by atoms with E-state index in [1.165, 1.54) is 31.5 Å². The van der Waals surface area contributed by atoms with Gasteiger partial charge in [-0.05, 0) is 38.4 Å². The fraction of sp³-hybridized carbons (Fsp3) is 0.389. The number of anilines is 1. The molecule has 3 heterocycles. The molecule has 0 amide bonds. The summed E-state index contributed by atoms with van der Waals surface area (Å²) >= 11 is 0. The third-order valence-corrected chi connectivity index (χ3v) is 4.96. The molecule has 0 bridgehead atoms. The van der Waals surface area contributed by atoms with E-state index in [0.717, 1.165) is 16.6 Å². The van der Waals surface area contributed by atoms with E-state index in [1.54, 1.807) is 10.9 Å². The van der Waals surface area contributed by atoms with Crippen molar-refractivity contribution in [3.63, 3.8) is 0 Å². The molecule has 6 nitrogen and oxygen atoms in total. The van der Waals surface area contributed by atoms with E-state index in [0.29, 0.717) is 17.7 Å². The molecule has 1 atom stereocenters. The average molecular weight is 322 g/mol. The van der Waals surface area contributed by atoms with E-state index >= 15 is 0 Å². The topological polar surface area (TPSA) is 72.9 Å². The fourth-order valence-corrected chi connectivity index (χ4v) is 3.42. The maximum absolute atomic E-state index is 6.06. The van der Waals surface area contributed by atoms with Gasteiger partial charge in [-0.3, -0.25) is 9.58 Å². The molecular formula is C18H22N6. The van der Waals surface area contributed by atoms with Crippen molar-refractivity contribution in [1.82, 2.24) is 24.6 Å². The molecule has 1 fully saturated rings. The van der Waals surface area contributed by atoms with Gasteiger partial charge in [0.05, 0.1) is 11.6 Å². The highest BCUT2D eigenvalue weighted by atomic mass is 15.3. The number of nitrogens with two attached hydrogens (primary N) is 1. The van der Waals surface area contributed by atoms with E-state index in [9.17, 15) is 0 Å². The molecule has 1 unspecified atom stereocenters. The third-order valence-electron chi connectivity index (χ3n) is 4.96. The highest BCUT2D eigenvalue weighted by Crippen LogP contribution is 2.27. The highest BCUT2D eigenvalue weighted by Gasteiger charge is 2.19. The monoisotopic (exact) mass is 322 g/mol. The van der Waals surface area contributed by atoms with Gasteiger partial charge in [0.1, 0.15) is 5.82 Å². The number of hydrogen-bond acceptors (Lipinski definition) is 5. The van der Waals surface area contributed by atoms with Gasteiger partial charge in [-0.1, -0.05) is 24.3 Å². The number of likely N-dealkylation sites (tertiary alicyclic amines) is 1. The number of hydrogen-bond donors (Lipinski definition) is 1. The second kappa shape index (κ2) is 5.87. The van der Waals surface area contributed by atoms with Gasteiger partial charge in [0, 0.05) is 18.7 Å². The molecule has 2 N–H and O–H groups in total. The number of fused-ring (bicyclic) bond motifs is 1. The number of benzene rings is 1. The van der Waals surface area contributed by atoms with E-state index in [-0.39, 0.29) is 0 Å². The van der Waals surface area contributed by atoms with Gasteiger partial charge in [-0.2, -0.15) is 5.10 Å². The van der Waals surface area contributed by atoms with E-state index in [2.05, 4.69) is 51.2 Å². The summed E-state index contributed by atoms with van der Waals surface area (Å²) in [6.45, 7) is 4.66. The van der Waals surface area contributed by atoms with Crippen molar-refractivity contribution in [2.45, 2.75) is 25.8 Å². The average Bonchev–Trinajstić information content (AvgIpc) is 3.25. The van der Waals surface area contributed by atoms with Gasteiger partial charge in [0.25, 0.3) is 0 Å². The standard InChI is InChI=1S/C18H22N6/c1-12(24-9-3-4-10-24)13-5-7-14(8-6-13)17-21-16(19)15-11-20-23(2)18(15)22-17/h5-8,11-12H,3-4,9-10H2,1-2H3,(H2,19,21,22). The maximum Gasteiger partial charge on any atom is 0.163 e. The Bertz CT molecular complexity index is 861. The van der Waals surface area contributed by atoms with Crippen LogP contribution in [0, 0.1) is 0 Å². The van der Waals surface area contributed by atoms with Crippen LogP contribution in [0.1, 0.15) is 31.4 Å². The molecule has 124 valence electrons. The Labute approximate surface area is 141 Å². The van der Waals surface area contributed by atoms with Crippen LogP contribution < -0.4 is 5.73 Å². The van der Waals surface area contributed by atoms with Gasteiger partial charge in [0.15, 0.2) is 11.5 Å². The first-order valence-corrected chi connectivity index (χ1v) is 8.43. The van der Waals surface area contributed by atoms with Crippen LogP contribution in [-0.2, 0) is 7.05 Å². The van der Waals surface area contributed by atoms with Gasteiger partial charge >= 0.3 is 0 Å². The van der Waals surface area contributed by atoms with Crippen molar-refractivity contribution in [3.8, 4) is 11.4 Å². The molecular weight excluding hydrogens is 300 g/mol. The second-order valence-corrected chi connectivity index (χ2v) is 6.48. The van der Waals surface area contributed by atoms with E-state index in [4.69, 9.17) is 5.73 Å². The Morgan fingerprint density at radius 3 is 2.50 bits per heavy atom. The lowest BCUT2D eigenvalue weighted by Gasteiger charge is -2.24. The lowest BCUT2D eigenvalue weighted by Crippen LogP contribution is -2.23. The number of nitrogens with zero attached hydrogens (tertiary/aromatic N) is 5. The second-order valence-electron chi connectivity index (χ2n) is 6.48. The molecule has 1 aliphatic rings. The molecule has 4 rings (SSSR count). The zero-order valence-electron chi connectivity index (χ0n) is 14.1. The number of nitrogen functional groups attached to an aromatic ring is 1. The number of aromatic nitrogens is 4. The molecule has 24 heavy (non-hydrogen) atoms. The molecule has 0 saturated carbocycles. The molecule has 1 saturated heterocycles. The van der Waals surface area contributed by atoms with Crippen molar-refractivity contribution in [2.24, 2.45) is 7.05 Å². The van der Waals surface area contributed by atoms with Crippen LogP contribution in [0.2, 0.25) is 0 Å². The molecule has 1 aliphatic heterocycles. The summed E-state index contributed by atoms with van der Waals surface area (Å²) in [6.07, 6.45) is 4.32. The predicted molar refractivity (Wildman–Crippen MR) is 95.4 cm³/mol. The van der Waals surface area contributed by atoms with E-state index < -0.39 is 0 Å². The molecule has 2 aromatic heterocycles. The number of aryl methyl sites for hydroxylation is 1. The summed E-state index contributed by atoms with van der Waals surface area (Å²) in [5.41, 5.74) is 9.12. The Morgan fingerprint density at radius 1 is 1.08 bits per heavy atom. The molecule has 3 aromatic rings. The van der Waals surface area contributed by atoms with Crippen LogP contribution in [0.25, 0.3) is 22.4 Å². The fourth-order valence-electron chi connectivity index (χ4n) is 3.42. The van der Waals surface area contributed by atoms with Crippen molar-refractivity contribution >= 4 is 16.9 Å². The highest BCUT2D eigenvalue weighted by molar-refractivity contribution is 5.86. The van der Waals surface area contributed by atoms with Gasteiger partial charge in [-0.25, -0.2) is 9.97 Å². The summed E-state index contributed by atoms with van der Waals surface area (Å²) in [5, 5.41) is 4.99. The summed E-state index contributed by atoms with van der Waals surface area (Å²) in [6, 6.07) is 8.96. The SMILES string of the molecule is CC(c1ccc(-c2nc(N)c3cnn(C)c3n2)cc1)N1CCCC1. The minimum absolute atomic E-state index is 0.451. The van der Waals surface area contributed by atoms with Gasteiger partial charge in [0.2, 0.25) is 0 Å². The lowest BCUT2D eigenvalue weighted by atomic mass is 10.0. The van der Waals surface area contributed by atoms with Crippen molar-refractivity contribution in [1.29, 1.82) is 0 Å². The molecule has 0 aliphatic carbocycles. The zero-order chi connectivity index (χ0) is 16.7. The predicted octanol–water partition coefficient (Wildman–Crippen LogP) is 2.77. The number of rotatable bonds is 3. The van der Waals surface area contributed by atoms with Crippen LogP contribution in [0.5, 0.6) is 0 Å². The van der Waals surface area contributed by atoms with Gasteiger partial charge in [-0.15, -0.1) is 0 Å². The molecule has 0 radical (unpaired) electrons. The first kappa shape index (κ1) is 15.1. The molecule has 6 heteroatoms. The van der Waals surface area contributed by atoms with Crippen LogP contribution in [-0.4, -0.2) is 37.7 Å². The van der Waals surface area contributed by atoms with Crippen LogP contribution in [0.3, 0.4) is 0 Å². The largest absolute Gasteiger partial charge is 0.383 e. The van der Waals surface area contributed by atoms with Crippen LogP contribution in [0.4, 0.5) is 5.82 Å². The third kappa shape index (κ3) is 2.53. The summed E-state index contributed by atoms with van der Waals surface area (Å²) in [4.78, 5) is 11.6. The quantitative estimate of drug-likeness (QED) is 0.802. The van der Waals surface area contributed by atoms with Crippen LogP contribution >= 0.6 is 0 Å². The van der Waals surface area contributed by atoms with Crippen molar-refractivity contribution in [2.75, 3.05) is 18.8 Å². The summed E-state index contributed by atoms with van der Waals surface area (Å²) in [5.74, 6) is 1.11. The van der Waals surface area contributed by atoms with Crippen molar-refractivity contribution < 1.29 is 0 Å². The smallest absolute Gasteiger partial charge is 0.163 e. The minimum Gasteiger partial charge on any atom is -0.383 e. The lowest BCUT2D eigenvalue weighted by molar-refractivity contribution is 0.263. The molecule has 0 spiro atoms. The normalized spacial score (nSPS) is 16.8.